The van der Waals surface area contributed by atoms with E-state index >= 15 is 0 Å². The van der Waals surface area contributed by atoms with Gasteiger partial charge in [0, 0.05) is 22.5 Å². The predicted octanol–water partition coefficient (Wildman–Crippen LogP) is 6.47. The number of thiazole rings is 1. The minimum atomic E-state index is 0.589. The van der Waals surface area contributed by atoms with Crippen molar-refractivity contribution in [1.29, 1.82) is 0 Å². The first-order chi connectivity index (χ1) is 13.3. The van der Waals surface area contributed by atoms with E-state index in [1.165, 1.54) is 21.8 Å². The van der Waals surface area contributed by atoms with Crippen molar-refractivity contribution in [2.75, 3.05) is 0 Å². The smallest absolute Gasteiger partial charge is 0.281 e. The van der Waals surface area contributed by atoms with E-state index in [2.05, 4.69) is 33.5 Å². The molecule has 6 heteroatoms. The third-order valence-electron chi connectivity index (χ3n) is 4.43. The van der Waals surface area contributed by atoms with Crippen LogP contribution in [0.5, 0.6) is 10.9 Å². The standard InChI is InChI=1S/C21H16N2O2S2/c1(5-16-6-3-11-26-16)4-14-13-24-18-12-15(8-9-17(14)18)25-21-23-20-19(27-21)7-2-10-22-20/h2-3,6-13H,1,4-5H2. The molecule has 0 amide bonds. The van der Waals surface area contributed by atoms with E-state index in [1.54, 1.807) is 6.20 Å². The molecule has 0 aliphatic heterocycles. The molecule has 0 radical (unpaired) electrons. The number of thiophene rings is 1. The molecular weight excluding hydrogens is 376 g/mol. The van der Waals surface area contributed by atoms with E-state index in [1.807, 2.05) is 41.9 Å². The average Bonchev–Trinajstić information content (AvgIpc) is 3.41. The summed E-state index contributed by atoms with van der Waals surface area (Å²) in [7, 11) is 0. The number of aryl methyl sites for hydroxylation is 2. The summed E-state index contributed by atoms with van der Waals surface area (Å²) in [4.78, 5) is 10.1. The van der Waals surface area contributed by atoms with Crippen LogP contribution in [0.15, 0.2) is 64.7 Å². The van der Waals surface area contributed by atoms with Crippen LogP contribution in [0.2, 0.25) is 0 Å². The van der Waals surface area contributed by atoms with Crippen molar-refractivity contribution in [2.45, 2.75) is 19.3 Å². The molecule has 0 saturated carbocycles. The lowest BCUT2D eigenvalue weighted by Crippen LogP contribution is -1.87. The second-order valence-electron chi connectivity index (χ2n) is 6.26. The van der Waals surface area contributed by atoms with Gasteiger partial charge in [-0.25, -0.2) is 4.98 Å². The number of hydrogen-bond acceptors (Lipinski definition) is 6. The number of furan rings is 1. The van der Waals surface area contributed by atoms with Crippen LogP contribution in [0.1, 0.15) is 16.9 Å². The maximum atomic E-state index is 5.92. The van der Waals surface area contributed by atoms with E-state index < -0.39 is 0 Å². The lowest BCUT2D eigenvalue weighted by Gasteiger charge is -2.02. The summed E-state index contributed by atoms with van der Waals surface area (Å²) in [6.07, 6.45) is 6.84. The minimum Gasteiger partial charge on any atom is -0.464 e. The molecule has 0 aliphatic rings. The zero-order valence-corrected chi connectivity index (χ0v) is 16.1. The highest BCUT2D eigenvalue weighted by atomic mass is 32.1. The van der Waals surface area contributed by atoms with Gasteiger partial charge in [0.1, 0.15) is 11.3 Å². The van der Waals surface area contributed by atoms with Crippen molar-refractivity contribution in [3.63, 3.8) is 0 Å². The Morgan fingerprint density at radius 1 is 1.07 bits per heavy atom. The van der Waals surface area contributed by atoms with Crippen LogP contribution in [-0.2, 0) is 12.8 Å². The summed E-state index contributed by atoms with van der Waals surface area (Å²) < 4.78 is 12.7. The first kappa shape index (κ1) is 16.5. The highest BCUT2D eigenvalue weighted by molar-refractivity contribution is 7.20. The molecule has 0 aliphatic carbocycles. The van der Waals surface area contributed by atoms with E-state index in [-0.39, 0.29) is 0 Å². The van der Waals surface area contributed by atoms with E-state index in [0.29, 0.717) is 10.8 Å². The van der Waals surface area contributed by atoms with Crippen LogP contribution in [-0.4, -0.2) is 9.97 Å². The Labute approximate surface area is 164 Å². The van der Waals surface area contributed by atoms with Gasteiger partial charge in [-0.3, -0.25) is 0 Å². The number of fused-ring (bicyclic) bond motifs is 2. The molecule has 5 rings (SSSR count). The molecule has 27 heavy (non-hydrogen) atoms. The van der Waals surface area contributed by atoms with Gasteiger partial charge in [0.05, 0.1) is 11.0 Å². The maximum Gasteiger partial charge on any atom is 0.281 e. The van der Waals surface area contributed by atoms with Gasteiger partial charge >= 0.3 is 0 Å². The van der Waals surface area contributed by atoms with Crippen molar-refractivity contribution in [2.24, 2.45) is 0 Å². The van der Waals surface area contributed by atoms with Crippen molar-refractivity contribution < 1.29 is 9.15 Å². The quantitative estimate of drug-likeness (QED) is 0.332. The van der Waals surface area contributed by atoms with Gasteiger partial charge in [-0.2, -0.15) is 4.98 Å². The van der Waals surface area contributed by atoms with Crippen LogP contribution >= 0.6 is 22.7 Å². The molecule has 0 spiro atoms. The summed E-state index contributed by atoms with van der Waals surface area (Å²) in [5, 5.41) is 3.87. The average molecular weight is 393 g/mol. The zero-order valence-electron chi connectivity index (χ0n) is 14.4. The van der Waals surface area contributed by atoms with Crippen LogP contribution in [0.25, 0.3) is 21.3 Å². The molecule has 5 aromatic rings. The van der Waals surface area contributed by atoms with Gasteiger partial charge in [-0.15, -0.1) is 11.3 Å². The lowest BCUT2D eigenvalue weighted by atomic mass is 10.1. The molecular formula is C21H16N2O2S2. The van der Waals surface area contributed by atoms with Gasteiger partial charge < -0.3 is 9.15 Å². The third kappa shape index (κ3) is 3.46. The number of pyridine rings is 1. The maximum absolute atomic E-state index is 5.92. The molecule has 4 heterocycles. The Morgan fingerprint density at radius 2 is 2.07 bits per heavy atom. The molecule has 0 N–H and O–H groups in total. The highest BCUT2D eigenvalue weighted by Crippen LogP contribution is 2.33. The molecule has 4 nitrogen and oxygen atoms in total. The van der Waals surface area contributed by atoms with Gasteiger partial charge in [-0.05, 0) is 60.5 Å². The summed E-state index contributed by atoms with van der Waals surface area (Å²) >= 11 is 3.31. The normalized spacial score (nSPS) is 11.4. The molecule has 1 aromatic carbocycles. The Hall–Kier alpha value is -2.70. The second-order valence-corrected chi connectivity index (χ2v) is 8.28. The monoisotopic (exact) mass is 392 g/mol. The van der Waals surface area contributed by atoms with Crippen molar-refractivity contribution >= 4 is 44.0 Å². The van der Waals surface area contributed by atoms with Crippen LogP contribution < -0.4 is 4.74 Å². The summed E-state index contributed by atoms with van der Waals surface area (Å²) in [6, 6.07) is 14.2. The van der Waals surface area contributed by atoms with Crippen LogP contribution in [0.3, 0.4) is 0 Å². The molecule has 0 bridgehead atoms. The molecule has 0 saturated heterocycles. The fourth-order valence-electron chi connectivity index (χ4n) is 3.12. The van der Waals surface area contributed by atoms with Gasteiger partial charge in [0.2, 0.25) is 0 Å². The van der Waals surface area contributed by atoms with Crippen molar-refractivity contribution in [3.8, 4) is 10.9 Å². The third-order valence-corrected chi connectivity index (χ3v) is 6.25. The van der Waals surface area contributed by atoms with Gasteiger partial charge in [0.15, 0.2) is 5.65 Å². The minimum absolute atomic E-state index is 0.589. The van der Waals surface area contributed by atoms with E-state index in [9.17, 15) is 0 Å². The SMILES string of the molecule is c1csc(CCCc2coc3cc(Oc4nc5ncccc5s4)ccc23)c1. The molecule has 134 valence electrons. The predicted molar refractivity (Wildman–Crippen MR) is 110 cm³/mol. The van der Waals surface area contributed by atoms with Crippen molar-refractivity contribution in [1.82, 2.24) is 9.97 Å². The topological polar surface area (TPSA) is 48.2 Å². The number of benzene rings is 1. The molecule has 0 unspecified atom stereocenters. The van der Waals surface area contributed by atoms with Crippen molar-refractivity contribution in [3.05, 3.63) is 70.7 Å². The lowest BCUT2D eigenvalue weighted by molar-refractivity contribution is 0.479. The highest BCUT2D eigenvalue weighted by Gasteiger charge is 2.10. The van der Waals surface area contributed by atoms with Gasteiger partial charge in [0.25, 0.3) is 5.19 Å². The fraction of sp³-hybridized carbons (Fsp3) is 0.143. The molecule has 0 fully saturated rings. The summed E-state index contributed by atoms with van der Waals surface area (Å²) in [5.74, 6) is 0.723. The first-order valence-corrected chi connectivity index (χ1v) is 10.5. The number of nitrogens with zero attached hydrogens (tertiary/aromatic N) is 2. The number of aromatic nitrogens is 2. The molecule has 0 atom stereocenters. The second kappa shape index (κ2) is 7.13. The first-order valence-electron chi connectivity index (χ1n) is 8.77. The Kier molecular flexibility index (Phi) is 4.35. The number of rotatable bonds is 6. The zero-order chi connectivity index (χ0) is 18.1. The van der Waals surface area contributed by atoms with Gasteiger partial charge in [-0.1, -0.05) is 17.4 Å². The Balaban J connectivity index is 1.32. The number of ether oxygens (including phenoxy) is 1. The summed E-state index contributed by atoms with van der Waals surface area (Å²) in [6.45, 7) is 0. The largest absolute Gasteiger partial charge is 0.464 e. The summed E-state index contributed by atoms with van der Waals surface area (Å²) in [5.41, 5.74) is 2.81. The van der Waals surface area contributed by atoms with E-state index in [0.717, 1.165) is 40.7 Å². The Morgan fingerprint density at radius 3 is 2.96 bits per heavy atom. The van der Waals surface area contributed by atoms with Crippen LogP contribution in [0, 0.1) is 0 Å². The fourth-order valence-corrected chi connectivity index (χ4v) is 4.67. The molecule has 4 aromatic heterocycles. The van der Waals surface area contributed by atoms with Crippen LogP contribution in [0.4, 0.5) is 0 Å². The number of hydrogen-bond donors (Lipinski definition) is 0. The van der Waals surface area contributed by atoms with E-state index in [4.69, 9.17) is 9.15 Å². The Bertz CT molecular complexity index is 1160.